The third-order valence-electron chi connectivity index (χ3n) is 11.2. The average molecular weight is 629 g/mol. The zero-order chi connectivity index (χ0) is 33.6. The van der Waals surface area contributed by atoms with Gasteiger partial charge in [0.15, 0.2) is 0 Å². The maximum atomic E-state index is 2.66. The molecule has 0 bridgehead atoms. The molecule has 2 aliphatic rings. The van der Waals surface area contributed by atoms with Crippen molar-refractivity contribution in [1.82, 2.24) is 4.57 Å². The number of fused-ring (bicyclic) bond motifs is 6. The SMILES string of the molecule is CC1CC2(C)C(C=C1C(C)(C)C)c1ccccc1N2c1cccc(-c2cccc(-n3c4ccccc4c4cc(C(C)(C)C)ccc43)c2)c1. The van der Waals surface area contributed by atoms with Crippen molar-refractivity contribution in [3.05, 3.63) is 138 Å². The van der Waals surface area contributed by atoms with E-state index in [-0.39, 0.29) is 16.4 Å². The topological polar surface area (TPSA) is 8.17 Å². The van der Waals surface area contributed by atoms with Crippen molar-refractivity contribution < 1.29 is 0 Å². The highest BCUT2D eigenvalue weighted by Crippen LogP contribution is 2.59. The van der Waals surface area contributed by atoms with E-state index in [0.717, 1.165) is 6.42 Å². The Labute approximate surface area is 286 Å². The van der Waals surface area contributed by atoms with Gasteiger partial charge in [-0.25, -0.2) is 0 Å². The zero-order valence-corrected chi connectivity index (χ0v) is 29.8. The van der Waals surface area contributed by atoms with Crippen molar-refractivity contribution in [1.29, 1.82) is 0 Å². The van der Waals surface area contributed by atoms with Crippen molar-refractivity contribution in [3.63, 3.8) is 0 Å². The van der Waals surface area contributed by atoms with E-state index in [0.29, 0.717) is 11.8 Å². The summed E-state index contributed by atoms with van der Waals surface area (Å²) < 4.78 is 2.44. The van der Waals surface area contributed by atoms with Crippen LogP contribution in [0.2, 0.25) is 0 Å². The lowest BCUT2D eigenvalue weighted by molar-refractivity contribution is 0.299. The largest absolute Gasteiger partial charge is 0.334 e. The Hall–Kier alpha value is -4.56. The monoisotopic (exact) mass is 628 g/mol. The average Bonchev–Trinajstić information content (AvgIpc) is 3.51. The molecule has 0 spiro atoms. The highest BCUT2D eigenvalue weighted by molar-refractivity contribution is 6.09. The minimum Gasteiger partial charge on any atom is -0.334 e. The number of hydrogen-bond acceptors (Lipinski definition) is 1. The Balaban J connectivity index is 1.24. The Morgan fingerprint density at radius 3 is 2.00 bits per heavy atom. The quantitative estimate of drug-likeness (QED) is 0.177. The van der Waals surface area contributed by atoms with Crippen molar-refractivity contribution in [2.75, 3.05) is 4.90 Å². The number of anilines is 2. The summed E-state index contributed by atoms with van der Waals surface area (Å²) in [7, 11) is 0. The lowest BCUT2D eigenvalue weighted by Crippen LogP contribution is -2.47. The minimum absolute atomic E-state index is 0.0345. The molecule has 0 N–H and O–H groups in total. The van der Waals surface area contributed by atoms with Crippen LogP contribution >= 0.6 is 0 Å². The molecule has 242 valence electrons. The first-order valence-electron chi connectivity index (χ1n) is 17.7. The Bertz CT molecular complexity index is 2230. The molecule has 2 nitrogen and oxygen atoms in total. The van der Waals surface area contributed by atoms with Gasteiger partial charge in [-0.15, -0.1) is 0 Å². The summed E-state index contributed by atoms with van der Waals surface area (Å²) in [5.74, 6) is 0.883. The predicted molar refractivity (Wildman–Crippen MR) is 206 cm³/mol. The number of nitrogens with zero attached hydrogens (tertiary/aromatic N) is 2. The van der Waals surface area contributed by atoms with Crippen LogP contribution in [0.15, 0.2) is 127 Å². The highest BCUT2D eigenvalue weighted by Gasteiger charge is 2.51. The maximum absolute atomic E-state index is 2.66. The number of hydrogen-bond donors (Lipinski definition) is 0. The van der Waals surface area contributed by atoms with Crippen LogP contribution < -0.4 is 4.90 Å². The summed E-state index contributed by atoms with van der Waals surface area (Å²) >= 11 is 0. The Kier molecular flexibility index (Phi) is 6.87. The molecule has 0 amide bonds. The lowest BCUT2D eigenvalue weighted by atomic mass is 9.65. The second-order valence-electron chi connectivity index (χ2n) is 16.6. The molecule has 5 aromatic carbocycles. The van der Waals surface area contributed by atoms with Crippen LogP contribution in [-0.2, 0) is 5.41 Å². The van der Waals surface area contributed by atoms with Crippen LogP contribution in [0.25, 0.3) is 38.6 Å². The minimum atomic E-state index is -0.0345. The summed E-state index contributed by atoms with van der Waals surface area (Å²) in [5.41, 5.74) is 13.4. The number of rotatable bonds is 3. The normalized spacial score (nSPS) is 21.0. The first-order valence-corrected chi connectivity index (χ1v) is 17.7. The molecule has 8 rings (SSSR count). The summed E-state index contributed by atoms with van der Waals surface area (Å²) in [4.78, 5) is 2.66. The fourth-order valence-electron chi connectivity index (χ4n) is 9.05. The lowest BCUT2D eigenvalue weighted by Gasteiger charge is -2.47. The number of para-hydroxylation sites is 2. The smallest absolute Gasteiger partial charge is 0.0541 e. The van der Waals surface area contributed by atoms with Gasteiger partial charge in [0.2, 0.25) is 0 Å². The molecule has 6 aromatic rings. The molecular formula is C46H48N2. The van der Waals surface area contributed by atoms with Gasteiger partial charge >= 0.3 is 0 Å². The van der Waals surface area contributed by atoms with Crippen LogP contribution in [0.5, 0.6) is 0 Å². The maximum Gasteiger partial charge on any atom is 0.0541 e. The highest BCUT2D eigenvalue weighted by atomic mass is 15.2. The molecule has 0 radical (unpaired) electrons. The van der Waals surface area contributed by atoms with Crippen molar-refractivity contribution in [3.8, 4) is 16.8 Å². The van der Waals surface area contributed by atoms with E-state index >= 15 is 0 Å². The fourth-order valence-corrected chi connectivity index (χ4v) is 9.05. The number of benzene rings is 5. The molecule has 2 heterocycles. The molecule has 0 fully saturated rings. The van der Waals surface area contributed by atoms with Gasteiger partial charge in [-0.05, 0) is 101 Å². The fraction of sp³-hybridized carbons (Fsp3) is 0.304. The van der Waals surface area contributed by atoms with Gasteiger partial charge in [0.05, 0.1) is 16.6 Å². The van der Waals surface area contributed by atoms with E-state index in [1.165, 1.54) is 61.1 Å². The van der Waals surface area contributed by atoms with E-state index in [9.17, 15) is 0 Å². The van der Waals surface area contributed by atoms with Crippen LogP contribution in [0.4, 0.5) is 11.4 Å². The summed E-state index contributed by atoms with van der Waals surface area (Å²) in [5, 5.41) is 2.61. The van der Waals surface area contributed by atoms with Crippen LogP contribution in [0.1, 0.15) is 78.9 Å². The van der Waals surface area contributed by atoms with Gasteiger partial charge in [-0.2, -0.15) is 0 Å². The molecule has 0 saturated heterocycles. The first kappa shape index (κ1) is 30.8. The molecule has 1 aliphatic carbocycles. The van der Waals surface area contributed by atoms with Gasteiger partial charge in [-0.3, -0.25) is 0 Å². The number of allylic oxidation sites excluding steroid dienone is 1. The third kappa shape index (κ3) is 4.75. The second kappa shape index (κ2) is 10.7. The van der Waals surface area contributed by atoms with Crippen molar-refractivity contribution in [2.24, 2.45) is 11.3 Å². The molecule has 3 unspecified atom stereocenters. The predicted octanol–water partition coefficient (Wildman–Crippen LogP) is 12.8. The summed E-state index contributed by atoms with van der Waals surface area (Å²) in [6.07, 6.45) is 3.75. The molecule has 2 heteroatoms. The first-order chi connectivity index (χ1) is 22.8. The number of aromatic nitrogens is 1. The molecule has 1 aromatic heterocycles. The van der Waals surface area contributed by atoms with Gasteiger partial charge < -0.3 is 9.47 Å². The zero-order valence-electron chi connectivity index (χ0n) is 29.8. The van der Waals surface area contributed by atoms with Crippen molar-refractivity contribution in [2.45, 2.75) is 78.7 Å². The van der Waals surface area contributed by atoms with E-state index in [1.807, 2.05) is 0 Å². The van der Waals surface area contributed by atoms with Crippen molar-refractivity contribution >= 4 is 33.2 Å². The van der Waals surface area contributed by atoms with Gasteiger partial charge in [0.25, 0.3) is 0 Å². The van der Waals surface area contributed by atoms with E-state index in [1.54, 1.807) is 5.57 Å². The molecule has 48 heavy (non-hydrogen) atoms. The van der Waals surface area contributed by atoms with E-state index in [4.69, 9.17) is 0 Å². The molecule has 0 saturated carbocycles. The van der Waals surface area contributed by atoms with Gasteiger partial charge in [0.1, 0.15) is 0 Å². The van der Waals surface area contributed by atoms with Crippen LogP contribution in [-0.4, -0.2) is 10.1 Å². The molecular weight excluding hydrogens is 581 g/mol. The summed E-state index contributed by atoms with van der Waals surface area (Å²) in [6.45, 7) is 18.9. The van der Waals surface area contributed by atoms with E-state index in [2.05, 4.69) is 186 Å². The molecule has 3 atom stereocenters. The Morgan fingerprint density at radius 2 is 1.27 bits per heavy atom. The van der Waals surface area contributed by atoms with Crippen LogP contribution in [0, 0.1) is 11.3 Å². The van der Waals surface area contributed by atoms with Crippen LogP contribution in [0.3, 0.4) is 0 Å². The Morgan fingerprint density at radius 1 is 0.625 bits per heavy atom. The summed E-state index contributed by atoms with van der Waals surface area (Å²) in [6, 6.07) is 43.3. The van der Waals surface area contributed by atoms with E-state index < -0.39 is 0 Å². The third-order valence-corrected chi connectivity index (χ3v) is 11.2. The van der Waals surface area contributed by atoms with Gasteiger partial charge in [-0.1, -0.05) is 127 Å². The second-order valence-corrected chi connectivity index (χ2v) is 16.6. The molecule has 1 aliphatic heterocycles. The van der Waals surface area contributed by atoms with Gasteiger partial charge in [0, 0.05) is 33.8 Å². The standard InChI is InChI=1S/C46H48N2/c1-30-29-46(8)40(28-39(30)45(5,6)7)37-20-10-12-22-43(37)48(46)35-18-14-16-32(26-35)31-15-13-17-34(25-31)47-41-21-11-9-19-36(41)38-27-33(44(2,3)4)23-24-42(38)47/h9-28,30,40H,29H2,1-8H3.